The fourth-order valence-corrected chi connectivity index (χ4v) is 6.03. The van der Waals surface area contributed by atoms with Crippen molar-refractivity contribution in [3.8, 4) is 5.75 Å². The smallest absolute Gasteiger partial charge is 0.322 e. The minimum absolute atomic E-state index is 0.0449. The number of methoxy groups -OCH3 is 1. The van der Waals surface area contributed by atoms with Crippen LogP contribution in [0.4, 0.5) is 10.5 Å². The van der Waals surface area contributed by atoms with Gasteiger partial charge in [-0.1, -0.05) is 44.2 Å². The highest BCUT2D eigenvalue weighted by Gasteiger charge is 2.35. The third-order valence-corrected chi connectivity index (χ3v) is 7.44. The highest BCUT2D eigenvalue weighted by atomic mass is 32.1. The number of hydrogen-bond acceptors (Lipinski definition) is 3. The maximum atomic E-state index is 13.5. The van der Waals surface area contributed by atoms with E-state index in [-0.39, 0.29) is 12.1 Å². The number of amides is 2. The van der Waals surface area contributed by atoms with Crippen molar-refractivity contribution in [2.24, 2.45) is 0 Å². The second-order valence-corrected chi connectivity index (χ2v) is 9.15. The van der Waals surface area contributed by atoms with E-state index in [1.54, 1.807) is 7.11 Å². The fraction of sp³-hybridized carbons (Fsp3) is 0.346. The van der Waals surface area contributed by atoms with Crippen molar-refractivity contribution in [2.75, 3.05) is 19.0 Å². The van der Waals surface area contributed by atoms with Crippen molar-refractivity contribution in [3.05, 3.63) is 80.5 Å². The molecule has 0 radical (unpaired) electrons. The second-order valence-electron chi connectivity index (χ2n) is 7.89. The minimum Gasteiger partial charge on any atom is -0.497 e. The zero-order valence-corrected chi connectivity index (χ0v) is 19.5. The molecule has 162 valence electrons. The minimum atomic E-state index is -0.0903. The molecule has 4 nitrogen and oxygen atoms in total. The standard InChI is InChI=1S/C26H30N2O2S/c1-5-18-9-7-8-10-23(18)27-26(29)28-16-15-22-21(6-2)17(3)31-25(22)24(28)19-11-13-20(30-4)14-12-19/h7-14,24H,5-6,15-16H2,1-4H3,(H,27,29). The first-order valence-corrected chi connectivity index (χ1v) is 11.8. The summed E-state index contributed by atoms with van der Waals surface area (Å²) >= 11 is 1.84. The summed E-state index contributed by atoms with van der Waals surface area (Å²) in [4.78, 5) is 18.2. The summed E-state index contributed by atoms with van der Waals surface area (Å²) in [6.07, 6.45) is 2.81. The molecule has 0 saturated carbocycles. The Morgan fingerprint density at radius 2 is 1.87 bits per heavy atom. The lowest BCUT2D eigenvalue weighted by atomic mass is 9.92. The predicted octanol–water partition coefficient (Wildman–Crippen LogP) is 6.37. The number of nitrogens with one attached hydrogen (secondary N) is 1. The van der Waals surface area contributed by atoms with E-state index in [2.05, 4.69) is 44.3 Å². The topological polar surface area (TPSA) is 41.6 Å². The van der Waals surface area contributed by atoms with Crippen LogP contribution in [-0.4, -0.2) is 24.6 Å². The summed E-state index contributed by atoms with van der Waals surface area (Å²) < 4.78 is 5.36. The number of rotatable bonds is 5. The number of fused-ring (bicyclic) bond motifs is 1. The van der Waals surface area contributed by atoms with Crippen LogP contribution < -0.4 is 10.1 Å². The molecule has 31 heavy (non-hydrogen) atoms. The van der Waals surface area contributed by atoms with Crippen LogP contribution in [0, 0.1) is 6.92 Å². The number of urea groups is 1. The van der Waals surface area contributed by atoms with Crippen LogP contribution >= 0.6 is 11.3 Å². The number of carbonyl (C=O) groups excluding carboxylic acids is 1. The van der Waals surface area contributed by atoms with Gasteiger partial charge in [-0.3, -0.25) is 0 Å². The van der Waals surface area contributed by atoms with Crippen molar-refractivity contribution in [3.63, 3.8) is 0 Å². The average Bonchev–Trinajstić information content (AvgIpc) is 3.13. The maximum absolute atomic E-state index is 13.5. The summed E-state index contributed by atoms with van der Waals surface area (Å²) in [5.41, 5.74) is 6.05. The van der Waals surface area contributed by atoms with E-state index in [1.807, 2.05) is 46.6 Å². The van der Waals surface area contributed by atoms with Crippen LogP contribution in [0.2, 0.25) is 0 Å². The van der Waals surface area contributed by atoms with Gasteiger partial charge in [0.15, 0.2) is 0 Å². The number of ether oxygens (including phenoxy) is 1. The van der Waals surface area contributed by atoms with Crippen LogP contribution in [0.3, 0.4) is 0 Å². The van der Waals surface area contributed by atoms with Gasteiger partial charge in [-0.15, -0.1) is 11.3 Å². The van der Waals surface area contributed by atoms with Gasteiger partial charge < -0.3 is 15.0 Å². The van der Waals surface area contributed by atoms with E-state index in [4.69, 9.17) is 4.74 Å². The number of hydrogen-bond donors (Lipinski definition) is 1. The van der Waals surface area contributed by atoms with Gasteiger partial charge in [0.25, 0.3) is 0 Å². The largest absolute Gasteiger partial charge is 0.497 e. The first kappa shape index (κ1) is 21.4. The Morgan fingerprint density at radius 1 is 1.13 bits per heavy atom. The van der Waals surface area contributed by atoms with E-state index in [9.17, 15) is 4.79 Å². The predicted molar refractivity (Wildman–Crippen MR) is 129 cm³/mol. The number of aryl methyl sites for hydroxylation is 2. The zero-order chi connectivity index (χ0) is 22.0. The summed E-state index contributed by atoms with van der Waals surface area (Å²) in [7, 11) is 1.68. The monoisotopic (exact) mass is 434 g/mol. The van der Waals surface area contributed by atoms with Crippen LogP contribution in [0.1, 0.15) is 51.9 Å². The summed E-state index contributed by atoms with van der Waals surface area (Å²) in [5, 5.41) is 3.19. The molecular formula is C26H30N2O2S. The zero-order valence-electron chi connectivity index (χ0n) is 18.7. The van der Waals surface area contributed by atoms with Crippen molar-refractivity contribution in [2.45, 2.75) is 46.1 Å². The molecule has 0 saturated heterocycles. The molecule has 2 amide bonds. The Kier molecular flexibility index (Phi) is 6.33. The van der Waals surface area contributed by atoms with Gasteiger partial charge in [0.2, 0.25) is 0 Å². The number of nitrogens with zero attached hydrogens (tertiary/aromatic N) is 1. The molecule has 1 aromatic heterocycles. The Hall–Kier alpha value is -2.79. The molecule has 4 rings (SSSR count). The van der Waals surface area contributed by atoms with Gasteiger partial charge in [0.05, 0.1) is 13.2 Å². The summed E-state index contributed by atoms with van der Waals surface area (Å²) in [6.45, 7) is 7.24. The lowest BCUT2D eigenvalue weighted by Crippen LogP contribution is -2.42. The molecule has 5 heteroatoms. The molecule has 0 aliphatic carbocycles. The lowest BCUT2D eigenvalue weighted by molar-refractivity contribution is 0.195. The Balaban J connectivity index is 1.73. The van der Waals surface area contributed by atoms with Crippen molar-refractivity contribution >= 4 is 23.1 Å². The number of anilines is 1. The Labute approximate surface area is 188 Å². The number of benzene rings is 2. The lowest BCUT2D eigenvalue weighted by Gasteiger charge is -2.36. The van der Waals surface area contributed by atoms with Crippen LogP contribution in [0.5, 0.6) is 5.75 Å². The molecule has 2 heterocycles. The van der Waals surface area contributed by atoms with E-state index in [1.165, 1.54) is 20.9 Å². The molecule has 2 aromatic carbocycles. The molecule has 0 spiro atoms. The Morgan fingerprint density at radius 3 is 2.55 bits per heavy atom. The van der Waals surface area contributed by atoms with E-state index >= 15 is 0 Å². The van der Waals surface area contributed by atoms with Crippen molar-refractivity contribution in [1.82, 2.24) is 4.90 Å². The molecule has 1 aliphatic heterocycles. The second kappa shape index (κ2) is 9.15. The molecule has 1 unspecified atom stereocenters. The third kappa shape index (κ3) is 4.07. The summed E-state index contributed by atoms with van der Waals surface area (Å²) in [5.74, 6) is 0.823. The first-order chi connectivity index (χ1) is 15.1. The van der Waals surface area contributed by atoms with Gasteiger partial charge in [0.1, 0.15) is 5.75 Å². The quantitative estimate of drug-likeness (QED) is 0.507. The normalized spacial score (nSPS) is 15.5. The first-order valence-electron chi connectivity index (χ1n) is 11.0. The van der Waals surface area contributed by atoms with Gasteiger partial charge >= 0.3 is 6.03 Å². The molecule has 0 fully saturated rings. The van der Waals surface area contributed by atoms with Crippen LogP contribution in [-0.2, 0) is 19.3 Å². The van der Waals surface area contributed by atoms with Crippen LogP contribution in [0.15, 0.2) is 48.5 Å². The number of carbonyl (C=O) groups is 1. The molecular weight excluding hydrogens is 404 g/mol. The fourth-order valence-electron chi connectivity index (χ4n) is 4.58. The number of para-hydroxylation sites is 1. The van der Waals surface area contributed by atoms with Crippen molar-refractivity contribution < 1.29 is 9.53 Å². The highest BCUT2D eigenvalue weighted by Crippen LogP contribution is 2.43. The molecule has 1 atom stereocenters. The van der Waals surface area contributed by atoms with Gasteiger partial charge in [-0.25, -0.2) is 4.79 Å². The molecule has 1 N–H and O–H groups in total. The van der Waals surface area contributed by atoms with Gasteiger partial charge in [-0.05, 0) is 66.6 Å². The Bertz CT molecular complexity index is 1070. The maximum Gasteiger partial charge on any atom is 0.322 e. The van der Waals surface area contributed by atoms with E-state index in [0.717, 1.165) is 41.8 Å². The van der Waals surface area contributed by atoms with E-state index < -0.39 is 0 Å². The SMILES string of the molecule is CCc1ccccc1NC(=O)N1CCc2c(sc(C)c2CC)C1c1ccc(OC)cc1. The molecule has 0 bridgehead atoms. The van der Waals surface area contributed by atoms with Crippen molar-refractivity contribution in [1.29, 1.82) is 0 Å². The van der Waals surface area contributed by atoms with Crippen LogP contribution in [0.25, 0.3) is 0 Å². The third-order valence-electron chi connectivity index (χ3n) is 6.20. The average molecular weight is 435 g/mol. The summed E-state index contributed by atoms with van der Waals surface area (Å²) in [6, 6.07) is 16.0. The van der Waals surface area contributed by atoms with Gasteiger partial charge in [0, 0.05) is 22.0 Å². The van der Waals surface area contributed by atoms with E-state index in [0.29, 0.717) is 6.54 Å². The highest BCUT2D eigenvalue weighted by molar-refractivity contribution is 7.12. The van der Waals surface area contributed by atoms with Gasteiger partial charge in [-0.2, -0.15) is 0 Å². The number of thiophene rings is 1. The molecule has 1 aliphatic rings. The molecule has 3 aromatic rings.